The Hall–Kier alpha value is -1.65. The molecular weight excluding hydrogens is 352 g/mol. The van der Waals surface area contributed by atoms with Crippen molar-refractivity contribution in [3.05, 3.63) is 63.6 Å². The van der Waals surface area contributed by atoms with E-state index in [1.165, 1.54) is 29.5 Å². The van der Waals surface area contributed by atoms with Gasteiger partial charge in [-0.25, -0.2) is 0 Å². The van der Waals surface area contributed by atoms with Gasteiger partial charge in [0.25, 0.3) is 0 Å². The first-order valence-electron chi connectivity index (χ1n) is 7.95. The second kappa shape index (κ2) is 7.28. The minimum absolute atomic E-state index is 0.0301. The largest absolute Gasteiger partial charge is 0.325 e. The molecule has 0 aromatic heterocycles. The summed E-state index contributed by atoms with van der Waals surface area (Å²) in [5.41, 5.74) is 4.91. The van der Waals surface area contributed by atoms with Gasteiger partial charge in [0.15, 0.2) is 0 Å². The van der Waals surface area contributed by atoms with Gasteiger partial charge in [0.2, 0.25) is 5.91 Å². The van der Waals surface area contributed by atoms with Crippen LogP contribution in [0.3, 0.4) is 0 Å². The van der Waals surface area contributed by atoms with Crippen LogP contribution in [0.15, 0.2) is 46.9 Å². The van der Waals surface area contributed by atoms with Crippen LogP contribution in [-0.2, 0) is 24.2 Å². The molecule has 0 aliphatic heterocycles. The molecule has 2 aromatic rings. The standard InChI is InChI=1S/C19H21BrN2O/c1-22(12-14-5-8-17(20)9-6-14)13-19(23)21-18-10-7-15-3-2-4-16(15)11-18/h5-11H,2-4,12-13H2,1H3,(H,21,23). The summed E-state index contributed by atoms with van der Waals surface area (Å²) in [5.74, 6) is 0.0301. The minimum atomic E-state index is 0.0301. The van der Waals surface area contributed by atoms with Gasteiger partial charge in [0, 0.05) is 16.7 Å². The normalized spacial score (nSPS) is 13.2. The predicted octanol–water partition coefficient (Wildman–Crippen LogP) is 4.01. The molecule has 0 radical (unpaired) electrons. The number of anilines is 1. The number of carbonyl (C=O) groups is 1. The first-order valence-corrected chi connectivity index (χ1v) is 8.74. The molecule has 23 heavy (non-hydrogen) atoms. The predicted molar refractivity (Wildman–Crippen MR) is 97.6 cm³/mol. The van der Waals surface area contributed by atoms with Gasteiger partial charge in [-0.05, 0) is 67.3 Å². The molecule has 1 N–H and O–H groups in total. The zero-order valence-electron chi connectivity index (χ0n) is 13.3. The molecule has 120 valence electrons. The van der Waals surface area contributed by atoms with E-state index in [2.05, 4.69) is 45.5 Å². The molecule has 3 nitrogen and oxygen atoms in total. The smallest absolute Gasteiger partial charge is 0.238 e. The van der Waals surface area contributed by atoms with Gasteiger partial charge in [-0.3, -0.25) is 9.69 Å². The number of rotatable bonds is 5. The van der Waals surface area contributed by atoms with E-state index in [-0.39, 0.29) is 5.91 Å². The Labute approximate surface area is 145 Å². The Morgan fingerprint density at radius 3 is 2.65 bits per heavy atom. The zero-order chi connectivity index (χ0) is 16.2. The van der Waals surface area contributed by atoms with Crippen LogP contribution in [0.4, 0.5) is 5.69 Å². The highest BCUT2D eigenvalue weighted by molar-refractivity contribution is 9.10. The maximum atomic E-state index is 12.2. The molecule has 0 bridgehead atoms. The van der Waals surface area contributed by atoms with Crippen LogP contribution in [0, 0.1) is 0 Å². The Balaban J connectivity index is 1.53. The first kappa shape index (κ1) is 16.2. The van der Waals surface area contributed by atoms with E-state index in [1.54, 1.807) is 0 Å². The van der Waals surface area contributed by atoms with Crippen LogP contribution in [0.2, 0.25) is 0 Å². The van der Waals surface area contributed by atoms with Crippen molar-refractivity contribution in [1.82, 2.24) is 4.90 Å². The monoisotopic (exact) mass is 372 g/mol. The minimum Gasteiger partial charge on any atom is -0.325 e. The Morgan fingerprint density at radius 1 is 1.13 bits per heavy atom. The van der Waals surface area contributed by atoms with E-state index in [0.717, 1.165) is 23.1 Å². The molecule has 1 aliphatic rings. The molecule has 0 unspecified atom stereocenters. The van der Waals surface area contributed by atoms with E-state index in [1.807, 2.05) is 30.1 Å². The zero-order valence-corrected chi connectivity index (χ0v) is 14.9. The average Bonchev–Trinajstić information content (AvgIpc) is 2.97. The summed E-state index contributed by atoms with van der Waals surface area (Å²) < 4.78 is 1.07. The number of carbonyl (C=O) groups excluding carboxylic acids is 1. The number of amides is 1. The van der Waals surface area contributed by atoms with Crippen molar-refractivity contribution in [3.8, 4) is 0 Å². The Kier molecular flexibility index (Phi) is 5.13. The maximum absolute atomic E-state index is 12.2. The fourth-order valence-electron chi connectivity index (χ4n) is 3.05. The van der Waals surface area contributed by atoms with Crippen molar-refractivity contribution in [2.75, 3.05) is 18.9 Å². The lowest BCUT2D eigenvalue weighted by Crippen LogP contribution is -2.29. The molecule has 2 aromatic carbocycles. The van der Waals surface area contributed by atoms with Crippen molar-refractivity contribution in [1.29, 1.82) is 0 Å². The first-order chi connectivity index (χ1) is 11.1. The van der Waals surface area contributed by atoms with Gasteiger partial charge in [0.1, 0.15) is 0 Å². The second-order valence-corrected chi connectivity index (χ2v) is 7.10. The molecule has 0 fully saturated rings. The Bertz CT molecular complexity index is 697. The lowest BCUT2D eigenvalue weighted by molar-refractivity contribution is -0.117. The summed E-state index contributed by atoms with van der Waals surface area (Å²) in [4.78, 5) is 14.2. The van der Waals surface area contributed by atoms with Gasteiger partial charge >= 0.3 is 0 Å². The van der Waals surface area contributed by atoms with Crippen molar-refractivity contribution >= 4 is 27.5 Å². The summed E-state index contributed by atoms with van der Waals surface area (Å²) in [6, 6.07) is 14.5. The average molecular weight is 373 g/mol. The van der Waals surface area contributed by atoms with Gasteiger partial charge in [-0.1, -0.05) is 34.1 Å². The van der Waals surface area contributed by atoms with Crippen LogP contribution in [-0.4, -0.2) is 24.4 Å². The number of nitrogens with zero attached hydrogens (tertiary/aromatic N) is 1. The summed E-state index contributed by atoms with van der Waals surface area (Å²) in [6.07, 6.45) is 3.52. The third-order valence-corrected chi connectivity index (χ3v) is 4.69. The number of benzene rings is 2. The molecule has 3 rings (SSSR count). The molecule has 0 spiro atoms. The van der Waals surface area contributed by atoms with Crippen molar-refractivity contribution in [3.63, 3.8) is 0 Å². The molecule has 1 aliphatic carbocycles. The molecule has 4 heteroatoms. The number of fused-ring (bicyclic) bond motifs is 1. The lowest BCUT2D eigenvalue weighted by atomic mass is 10.1. The van der Waals surface area contributed by atoms with Crippen molar-refractivity contribution < 1.29 is 4.79 Å². The number of hydrogen-bond donors (Lipinski definition) is 1. The number of hydrogen-bond acceptors (Lipinski definition) is 2. The van der Waals surface area contributed by atoms with E-state index in [9.17, 15) is 4.79 Å². The van der Waals surface area contributed by atoms with Gasteiger partial charge in [0.05, 0.1) is 6.54 Å². The number of likely N-dealkylation sites (N-methyl/N-ethyl adjacent to an activating group) is 1. The molecule has 0 atom stereocenters. The number of aryl methyl sites for hydroxylation is 2. The van der Waals surface area contributed by atoms with Crippen LogP contribution in [0.1, 0.15) is 23.1 Å². The van der Waals surface area contributed by atoms with Crippen LogP contribution in [0.25, 0.3) is 0 Å². The molecule has 0 saturated carbocycles. The van der Waals surface area contributed by atoms with Gasteiger partial charge in [-0.2, -0.15) is 0 Å². The highest BCUT2D eigenvalue weighted by Crippen LogP contribution is 2.24. The summed E-state index contributed by atoms with van der Waals surface area (Å²) >= 11 is 3.43. The summed E-state index contributed by atoms with van der Waals surface area (Å²) in [5, 5.41) is 3.01. The quantitative estimate of drug-likeness (QED) is 0.859. The SMILES string of the molecule is CN(CC(=O)Nc1ccc2c(c1)CCC2)Cc1ccc(Br)cc1. The van der Waals surface area contributed by atoms with Crippen molar-refractivity contribution in [2.24, 2.45) is 0 Å². The van der Waals surface area contributed by atoms with Gasteiger partial charge in [-0.15, -0.1) is 0 Å². The summed E-state index contributed by atoms with van der Waals surface area (Å²) in [7, 11) is 1.96. The number of nitrogens with one attached hydrogen (secondary N) is 1. The fraction of sp³-hybridized carbons (Fsp3) is 0.316. The van der Waals surface area contributed by atoms with Crippen molar-refractivity contribution in [2.45, 2.75) is 25.8 Å². The van der Waals surface area contributed by atoms with E-state index in [4.69, 9.17) is 0 Å². The Morgan fingerprint density at radius 2 is 1.87 bits per heavy atom. The third-order valence-electron chi connectivity index (χ3n) is 4.16. The molecule has 1 amide bonds. The van der Waals surface area contributed by atoms with E-state index < -0.39 is 0 Å². The lowest BCUT2D eigenvalue weighted by Gasteiger charge is -2.16. The van der Waals surface area contributed by atoms with E-state index >= 15 is 0 Å². The summed E-state index contributed by atoms with van der Waals surface area (Å²) in [6.45, 7) is 1.14. The van der Waals surface area contributed by atoms with E-state index in [0.29, 0.717) is 6.54 Å². The topological polar surface area (TPSA) is 32.3 Å². The maximum Gasteiger partial charge on any atom is 0.238 e. The molecular formula is C19H21BrN2O. The van der Waals surface area contributed by atoms with Crippen LogP contribution < -0.4 is 5.32 Å². The molecule has 0 heterocycles. The van der Waals surface area contributed by atoms with Gasteiger partial charge < -0.3 is 5.32 Å². The highest BCUT2D eigenvalue weighted by Gasteiger charge is 2.12. The van der Waals surface area contributed by atoms with Crippen LogP contribution in [0.5, 0.6) is 0 Å². The van der Waals surface area contributed by atoms with Crippen LogP contribution >= 0.6 is 15.9 Å². The second-order valence-electron chi connectivity index (χ2n) is 6.18. The highest BCUT2D eigenvalue weighted by atomic mass is 79.9. The third kappa shape index (κ3) is 4.43. The fourth-order valence-corrected chi connectivity index (χ4v) is 3.32. The number of halogens is 1. The molecule has 0 saturated heterocycles.